The molecule has 2 aromatic heterocycles. The number of nitrogens with one attached hydrogen (secondary N) is 1. The number of rotatable bonds is 5. The molecule has 0 aliphatic heterocycles. The lowest BCUT2D eigenvalue weighted by atomic mass is 10.2. The molecule has 0 aromatic carbocycles. The van der Waals surface area contributed by atoms with Gasteiger partial charge >= 0.3 is 0 Å². The zero-order valence-corrected chi connectivity index (χ0v) is 10.7. The highest BCUT2D eigenvalue weighted by atomic mass is 32.1. The summed E-state index contributed by atoms with van der Waals surface area (Å²) in [6.45, 7) is 5.41. The number of thiophene rings is 1. The second-order valence-electron chi connectivity index (χ2n) is 3.97. The summed E-state index contributed by atoms with van der Waals surface area (Å²) >= 11 is 1.77. The summed E-state index contributed by atoms with van der Waals surface area (Å²) in [6.07, 6.45) is 3.36. The summed E-state index contributed by atoms with van der Waals surface area (Å²) in [5.41, 5.74) is 3.59. The molecule has 0 amide bonds. The molecule has 0 atom stereocenters. The predicted molar refractivity (Wildman–Crippen MR) is 72.4 cm³/mol. The van der Waals surface area contributed by atoms with Gasteiger partial charge in [0.2, 0.25) is 0 Å². The Balaban J connectivity index is 2.38. The minimum atomic E-state index is 1.03. The molecule has 2 nitrogen and oxygen atoms in total. The lowest BCUT2D eigenvalue weighted by molar-refractivity contribution is 0.889. The number of hydrogen-bond acceptors (Lipinski definition) is 3. The Morgan fingerprint density at radius 2 is 2.19 bits per heavy atom. The van der Waals surface area contributed by atoms with Crippen molar-refractivity contribution in [1.29, 1.82) is 0 Å². The number of hydrogen-bond donors (Lipinski definition) is 1. The minimum absolute atomic E-state index is 1.03. The molecule has 0 saturated carbocycles. The van der Waals surface area contributed by atoms with Gasteiger partial charge in [0.25, 0.3) is 0 Å². The van der Waals surface area contributed by atoms with E-state index in [2.05, 4.69) is 41.7 Å². The molecular weight excluding hydrogens is 216 g/mol. The maximum atomic E-state index is 4.66. The summed E-state index contributed by atoms with van der Waals surface area (Å²) in [7, 11) is 0. The summed E-state index contributed by atoms with van der Waals surface area (Å²) in [6, 6.07) is 4.31. The minimum Gasteiger partial charge on any atom is -0.384 e. The average Bonchev–Trinajstić information content (AvgIpc) is 2.74. The van der Waals surface area contributed by atoms with Crippen molar-refractivity contribution >= 4 is 27.2 Å². The molecule has 2 rings (SSSR count). The van der Waals surface area contributed by atoms with Crippen molar-refractivity contribution in [1.82, 2.24) is 4.98 Å². The van der Waals surface area contributed by atoms with Gasteiger partial charge in [-0.05, 0) is 30.4 Å². The van der Waals surface area contributed by atoms with E-state index in [9.17, 15) is 0 Å². The van der Waals surface area contributed by atoms with Crippen LogP contribution in [0, 0.1) is 0 Å². The normalized spacial score (nSPS) is 10.9. The van der Waals surface area contributed by atoms with Gasteiger partial charge in [-0.25, -0.2) is 0 Å². The van der Waals surface area contributed by atoms with Gasteiger partial charge in [-0.1, -0.05) is 20.3 Å². The third kappa shape index (κ3) is 2.35. The fourth-order valence-electron chi connectivity index (χ4n) is 1.79. The highest BCUT2D eigenvalue weighted by Crippen LogP contribution is 2.28. The molecule has 0 radical (unpaired) electrons. The van der Waals surface area contributed by atoms with Gasteiger partial charge in [0.05, 0.1) is 15.9 Å². The van der Waals surface area contributed by atoms with Crippen LogP contribution in [0.25, 0.3) is 10.2 Å². The standard InChI is InChI=1S/C13H18N2S/c1-3-5-10-9-12(14-7-4-2)13-11(15-10)6-8-16-13/h6,8-9H,3-5,7H2,1-2H3,(H,14,15). The van der Waals surface area contributed by atoms with Crippen molar-refractivity contribution in [3.05, 3.63) is 23.2 Å². The molecule has 86 valence electrons. The van der Waals surface area contributed by atoms with Crippen LogP contribution in [0.15, 0.2) is 17.5 Å². The molecular formula is C13H18N2S. The van der Waals surface area contributed by atoms with Gasteiger partial charge in [-0.2, -0.15) is 0 Å². The second-order valence-corrected chi connectivity index (χ2v) is 4.89. The smallest absolute Gasteiger partial charge is 0.0834 e. The first-order valence-electron chi connectivity index (χ1n) is 5.96. The van der Waals surface area contributed by atoms with E-state index in [1.54, 1.807) is 11.3 Å². The van der Waals surface area contributed by atoms with E-state index in [0.717, 1.165) is 31.3 Å². The van der Waals surface area contributed by atoms with E-state index < -0.39 is 0 Å². The summed E-state index contributed by atoms with van der Waals surface area (Å²) in [5.74, 6) is 0. The highest BCUT2D eigenvalue weighted by molar-refractivity contribution is 7.17. The van der Waals surface area contributed by atoms with Gasteiger partial charge in [0.1, 0.15) is 0 Å². The van der Waals surface area contributed by atoms with Gasteiger partial charge in [-0.15, -0.1) is 11.3 Å². The van der Waals surface area contributed by atoms with Crippen LogP contribution in [-0.2, 0) is 6.42 Å². The maximum Gasteiger partial charge on any atom is 0.0834 e. The Morgan fingerprint density at radius 1 is 1.31 bits per heavy atom. The number of anilines is 1. The largest absolute Gasteiger partial charge is 0.384 e. The molecule has 16 heavy (non-hydrogen) atoms. The van der Waals surface area contributed by atoms with E-state index in [4.69, 9.17) is 0 Å². The Labute approximate surface area is 101 Å². The first-order valence-corrected chi connectivity index (χ1v) is 6.84. The zero-order chi connectivity index (χ0) is 11.4. The lowest BCUT2D eigenvalue weighted by Crippen LogP contribution is -2.01. The SMILES string of the molecule is CCCNc1cc(CCC)nc2ccsc12. The van der Waals surface area contributed by atoms with E-state index in [1.807, 2.05) is 0 Å². The van der Waals surface area contributed by atoms with Crippen LogP contribution in [0.1, 0.15) is 32.4 Å². The van der Waals surface area contributed by atoms with Gasteiger partial charge in [-0.3, -0.25) is 4.98 Å². The molecule has 2 aromatic rings. The molecule has 0 unspecified atom stereocenters. The van der Waals surface area contributed by atoms with E-state index in [0.29, 0.717) is 0 Å². The number of nitrogens with zero attached hydrogens (tertiary/aromatic N) is 1. The molecule has 1 N–H and O–H groups in total. The van der Waals surface area contributed by atoms with Crippen molar-refractivity contribution in [2.45, 2.75) is 33.1 Å². The fraction of sp³-hybridized carbons (Fsp3) is 0.462. The van der Waals surface area contributed by atoms with Crippen LogP contribution in [0.3, 0.4) is 0 Å². The molecule has 0 bridgehead atoms. The topological polar surface area (TPSA) is 24.9 Å². The number of aryl methyl sites for hydroxylation is 1. The monoisotopic (exact) mass is 234 g/mol. The van der Waals surface area contributed by atoms with Gasteiger partial charge in [0, 0.05) is 12.2 Å². The Kier molecular flexibility index (Phi) is 3.78. The number of aromatic nitrogens is 1. The lowest BCUT2D eigenvalue weighted by Gasteiger charge is -2.08. The van der Waals surface area contributed by atoms with Crippen molar-refractivity contribution in [2.75, 3.05) is 11.9 Å². The Hall–Kier alpha value is -1.09. The molecule has 0 spiro atoms. The van der Waals surface area contributed by atoms with Crippen molar-refractivity contribution in [3.63, 3.8) is 0 Å². The van der Waals surface area contributed by atoms with Crippen molar-refractivity contribution < 1.29 is 0 Å². The average molecular weight is 234 g/mol. The van der Waals surface area contributed by atoms with E-state index >= 15 is 0 Å². The number of fused-ring (bicyclic) bond motifs is 1. The van der Waals surface area contributed by atoms with Crippen LogP contribution in [0.2, 0.25) is 0 Å². The van der Waals surface area contributed by atoms with Crippen LogP contribution in [0.5, 0.6) is 0 Å². The van der Waals surface area contributed by atoms with E-state index in [-0.39, 0.29) is 0 Å². The maximum absolute atomic E-state index is 4.66. The molecule has 0 fully saturated rings. The van der Waals surface area contributed by atoms with Gasteiger partial charge in [0.15, 0.2) is 0 Å². The van der Waals surface area contributed by atoms with Crippen LogP contribution in [-0.4, -0.2) is 11.5 Å². The van der Waals surface area contributed by atoms with Gasteiger partial charge < -0.3 is 5.32 Å². The molecule has 0 aliphatic rings. The predicted octanol–water partition coefficient (Wildman–Crippen LogP) is 4.07. The molecule has 0 aliphatic carbocycles. The third-order valence-electron chi connectivity index (χ3n) is 2.54. The Bertz CT molecular complexity index is 462. The first kappa shape index (κ1) is 11.4. The fourth-order valence-corrected chi connectivity index (χ4v) is 2.61. The second kappa shape index (κ2) is 5.30. The zero-order valence-electron chi connectivity index (χ0n) is 9.92. The number of pyridine rings is 1. The summed E-state index contributed by atoms with van der Waals surface area (Å²) < 4.78 is 1.29. The Morgan fingerprint density at radius 3 is 2.94 bits per heavy atom. The van der Waals surface area contributed by atoms with Crippen LogP contribution < -0.4 is 5.32 Å². The van der Waals surface area contributed by atoms with E-state index in [1.165, 1.54) is 16.1 Å². The first-order chi connectivity index (χ1) is 7.85. The molecule has 3 heteroatoms. The van der Waals surface area contributed by atoms with Crippen molar-refractivity contribution in [2.24, 2.45) is 0 Å². The summed E-state index contributed by atoms with van der Waals surface area (Å²) in [4.78, 5) is 4.66. The molecule has 2 heterocycles. The van der Waals surface area contributed by atoms with Crippen LogP contribution >= 0.6 is 11.3 Å². The summed E-state index contributed by atoms with van der Waals surface area (Å²) in [5, 5.41) is 5.61. The highest BCUT2D eigenvalue weighted by Gasteiger charge is 2.06. The third-order valence-corrected chi connectivity index (χ3v) is 3.47. The quantitative estimate of drug-likeness (QED) is 0.843. The van der Waals surface area contributed by atoms with Crippen LogP contribution in [0.4, 0.5) is 5.69 Å². The van der Waals surface area contributed by atoms with Crippen molar-refractivity contribution in [3.8, 4) is 0 Å². The molecule has 0 saturated heterocycles.